The van der Waals surface area contributed by atoms with Crippen LogP contribution in [-0.2, 0) is 4.79 Å². The summed E-state index contributed by atoms with van der Waals surface area (Å²) in [5, 5.41) is 9.23. The van der Waals surface area contributed by atoms with Gasteiger partial charge in [-0.25, -0.2) is 0 Å². The van der Waals surface area contributed by atoms with Crippen LogP contribution < -0.4 is 0 Å². The minimum absolute atomic E-state index is 0.198. The number of carboxylic acids is 1. The Balaban J connectivity index is 1.86. The molecule has 1 unspecified atom stereocenters. The molecular weight excluding hydrogens is 406 g/mol. The van der Waals surface area contributed by atoms with Gasteiger partial charge in [0.05, 0.1) is 15.7 Å². The zero-order chi connectivity index (χ0) is 17.1. The van der Waals surface area contributed by atoms with Crippen molar-refractivity contribution in [3.8, 4) is 0 Å². The molecule has 1 aromatic carbocycles. The first-order valence-electron chi connectivity index (χ1n) is 7.94. The van der Waals surface area contributed by atoms with Crippen molar-refractivity contribution >= 4 is 45.0 Å². The van der Waals surface area contributed by atoms with Crippen LogP contribution in [0.2, 0.25) is 0 Å². The third-order valence-corrected chi connectivity index (χ3v) is 6.96. The van der Waals surface area contributed by atoms with E-state index in [2.05, 4.69) is 63.5 Å². The predicted octanol–water partition coefficient (Wildman–Crippen LogP) is 5.12. The molecule has 0 amide bonds. The molecule has 1 atom stereocenters. The van der Waals surface area contributed by atoms with Gasteiger partial charge in [-0.1, -0.05) is 12.1 Å². The van der Waals surface area contributed by atoms with Gasteiger partial charge in [0.25, 0.3) is 0 Å². The number of hydrogen-bond acceptors (Lipinski definition) is 4. The molecule has 0 spiro atoms. The van der Waals surface area contributed by atoms with Gasteiger partial charge in [0, 0.05) is 9.77 Å². The van der Waals surface area contributed by atoms with Crippen LogP contribution in [0.5, 0.6) is 0 Å². The largest absolute Gasteiger partial charge is 0.481 e. The van der Waals surface area contributed by atoms with E-state index in [4.69, 9.17) is 0 Å². The van der Waals surface area contributed by atoms with E-state index in [0.717, 1.165) is 29.7 Å². The summed E-state index contributed by atoms with van der Waals surface area (Å²) in [6.07, 6.45) is 3.53. The van der Waals surface area contributed by atoms with E-state index in [1.165, 1.54) is 15.3 Å². The molecule has 6 heteroatoms. The molecule has 3 rings (SSSR count). The van der Waals surface area contributed by atoms with Crippen LogP contribution in [0.1, 0.15) is 29.3 Å². The van der Waals surface area contributed by atoms with Gasteiger partial charge in [0.1, 0.15) is 0 Å². The van der Waals surface area contributed by atoms with E-state index in [9.17, 15) is 9.90 Å². The molecule has 0 aliphatic carbocycles. The topological polar surface area (TPSA) is 40.5 Å². The predicted molar refractivity (Wildman–Crippen MR) is 104 cm³/mol. The summed E-state index contributed by atoms with van der Waals surface area (Å²) < 4.78 is 1.13. The Kier molecular flexibility index (Phi) is 6.02. The third-order valence-electron chi connectivity index (χ3n) is 4.54. The van der Waals surface area contributed by atoms with Gasteiger partial charge >= 0.3 is 5.97 Å². The maximum atomic E-state index is 11.2. The van der Waals surface area contributed by atoms with Gasteiger partial charge in [-0.3, -0.25) is 9.69 Å². The van der Waals surface area contributed by atoms with Gasteiger partial charge in [0.15, 0.2) is 0 Å². The van der Waals surface area contributed by atoms with E-state index in [1.807, 2.05) is 0 Å². The van der Waals surface area contributed by atoms with E-state index in [0.29, 0.717) is 0 Å². The van der Waals surface area contributed by atoms with E-state index in [-0.39, 0.29) is 12.0 Å². The van der Waals surface area contributed by atoms with Crippen molar-refractivity contribution < 1.29 is 9.90 Å². The first-order chi connectivity index (χ1) is 11.6. The summed E-state index contributed by atoms with van der Waals surface area (Å²) in [6.45, 7) is 1.64. The van der Waals surface area contributed by atoms with Gasteiger partial charge in [0.2, 0.25) is 0 Å². The first kappa shape index (κ1) is 18.0. The zero-order valence-electron chi connectivity index (χ0n) is 13.4. The molecular formula is C18H20BrNO2S2. The number of benzene rings is 1. The van der Waals surface area contributed by atoms with Crippen LogP contribution >= 0.6 is 39.0 Å². The smallest absolute Gasteiger partial charge is 0.306 e. The minimum atomic E-state index is -0.658. The molecule has 128 valence electrons. The lowest BCUT2D eigenvalue weighted by Crippen LogP contribution is -2.39. The number of thiophene rings is 1. The number of carbonyl (C=O) groups is 1. The first-order valence-corrected chi connectivity index (χ1v) is 10.8. The average molecular weight is 426 g/mol. The molecule has 1 saturated heterocycles. The second kappa shape index (κ2) is 8.04. The Morgan fingerprint density at radius 1 is 1.25 bits per heavy atom. The summed E-state index contributed by atoms with van der Waals surface area (Å²) in [4.78, 5) is 16.2. The van der Waals surface area contributed by atoms with Crippen LogP contribution in [0.4, 0.5) is 0 Å². The monoisotopic (exact) mass is 425 g/mol. The Morgan fingerprint density at radius 3 is 2.42 bits per heavy atom. The van der Waals surface area contributed by atoms with Crippen LogP contribution in [0.15, 0.2) is 45.1 Å². The quantitative estimate of drug-likeness (QED) is 0.674. The molecule has 0 radical (unpaired) electrons. The Labute approximate surface area is 159 Å². The normalized spacial score (nSPS) is 17.8. The van der Waals surface area contributed by atoms with E-state index < -0.39 is 5.97 Å². The van der Waals surface area contributed by atoms with Crippen LogP contribution in [0.25, 0.3) is 0 Å². The van der Waals surface area contributed by atoms with Crippen molar-refractivity contribution in [1.82, 2.24) is 4.90 Å². The maximum absolute atomic E-state index is 11.2. The molecule has 1 aliphatic rings. The number of nitrogens with zero attached hydrogens (tertiary/aromatic N) is 1. The highest BCUT2D eigenvalue weighted by atomic mass is 79.9. The summed E-state index contributed by atoms with van der Waals surface area (Å²) in [5.41, 5.74) is 1.27. The molecule has 1 N–H and O–H groups in total. The Morgan fingerprint density at radius 2 is 1.92 bits per heavy atom. The highest BCUT2D eigenvalue weighted by Gasteiger charge is 2.30. The molecule has 1 aliphatic heterocycles. The average Bonchev–Trinajstić information content (AvgIpc) is 3.02. The molecule has 2 heterocycles. The lowest BCUT2D eigenvalue weighted by Gasteiger charge is -2.36. The number of likely N-dealkylation sites (tertiary alicyclic amines) is 1. The SMILES string of the molecule is CSc1ccc(C(c2ccc(Br)s2)N2CCC(C(=O)O)CC2)cc1. The number of aliphatic carboxylic acids is 1. The zero-order valence-corrected chi connectivity index (χ0v) is 16.7. The lowest BCUT2D eigenvalue weighted by atomic mass is 9.94. The number of hydrogen-bond donors (Lipinski definition) is 1. The molecule has 1 fully saturated rings. The maximum Gasteiger partial charge on any atom is 0.306 e. The second-order valence-electron chi connectivity index (χ2n) is 5.97. The molecule has 1 aromatic heterocycles. The highest BCUT2D eigenvalue weighted by molar-refractivity contribution is 9.11. The third kappa shape index (κ3) is 4.04. The number of carboxylic acid groups (broad SMARTS) is 1. The summed E-state index contributed by atoms with van der Waals surface area (Å²) in [7, 11) is 0. The van der Waals surface area contributed by atoms with Crippen molar-refractivity contribution in [2.45, 2.75) is 23.8 Å². The standard InChI is InChI=1S/C18H20BrNO2S2/c1-23-14-4-2-12(3-5-14)17(15-6-7-16(19)24-15)20-10-8-13(9-11-20)18(21)22/h2-7,13,17H,8-11H2,1H3,(H,21,22). The number of piperidine rings is 1. The van der Waals surface area contributed by atoms with Crippen molar-refractivity contribution in [2.24, 2.45) is 5.92 Å². The molecule has 2 aromatic rings. The summed E-state index contributed by atoms with van der Waals surface area (Å²) in [5.74, 6) is -0.856. The molecule has 0 bridgehead atoms. The fraction of sp³-hybridized carbons (Fsp3) is 0.389. The van der Waals surface area contributed by atoms with Gasteiger partial charge in [-0.15, -0.1) is 23.1 Å². The lowest BCUT2D eigenvalue weighted by molar-refractivity contribution is -0.143. The van der Waals surface area contributed by atoms with E-state index >= 15 is 0 Å². The summed E-state index contributed by atoms with van der Waals surface area (Å²) >= 11 is 7.07. The molecule has 24 heavy (non-hydrogen) atoms. The van der Waals surface area contributed by atoms with Gasteiger partial charge < -0.3 is 5.11 Å². The fourth-order valence-electron chi connectivity index (χ4n) is 3.22. The Hall–Kier alpha value is -0.820. The van der Waals surface area contributed by atoms with E-state index in [1.54, 1.807) is 23.1 Å². The summed E-state index contributed by atoms with van der Waals surface area (Å²) in [6, 6.07) is 13.2. The fourth-order valence-corrected chi connectivity index (χ4v) is 5.22. The van der Waals surface area contributed by atoms with Crippen molar-refractivity contribution in [2.75, 3.05) is 19.3 Å². The van der Waals surface area contributed by atoms with Crippen LogP contribution in [0, 0.1) is 5.92 Å². The van der Waals surface area contributed by atoms with Crippen molar-refractivity contribution in [1.29, 1.82) is 0 Å². The molecule has 0 saturated carbocycles. The van der Waals surface area contributed by atoms with Gasteiger partial charge in [-0.05, 0) is 77.9 Å². The molecule has 3 nitrogen and oxygen atoms in total. The van der Waals surface area contributed by atoms with Crippen molar-refractivity contribution in [3.63, 3.8) is 0 Å². The van der Waals surface area contributed by atoms with Gasteiger partial charge in [-0.2, -0.15) is 0 Å². The van der Waals surface area contributed by atoms with Crippen LogP contribution in [-0.4, -0.2) is 35.3 Å². The second-order valence-corrected chi connectivity index (χ2v) is 9.34. The number of rotatable bonds is 5. The Bertz CT molecular complexity index is 693. The van der Waals surface area contributed by atoms with Crippen molar-refractivity contribution in [3.05, 3.63) is 50.6 Å². The number of thioether (sulfide) groups is 1. The number of halogens is 1. The van der Waals surface area contributed by atoms with Crippen LogP contribution in [0.3, 0.4) is 0 Å². The highest BCUT2D eigenvalue weighted by Crippen LogP contribution is 2.37. The minimum Gasteiger partial charge on any atom is -0.481 e.